The number of aliphatic hydroxyl groups excluding tert-OH is 1. The Morgan fingerprint density at radius 3 is 2.95 bits per heavy atom. The average Bonchev–Trinajstić information content (AvgIpc) is 2.47. The normalized spacial score (nSPS) is 26.1. The molecule has 3 heteroatoms. The minimum Gasteiger partial charge on any atom is -0.391 e. The van der Waals surface area contributed by atoms with E-state index in [0.29, 0.717) is 18.9 Å². The second kappa shape index (κ2) is 5.96. The highest BCUT2D eigenvalue weighted by atomic mass is 16.3. The number of piperidine rings is 1. The van der Waals surface area contributed by atoms with Crippen LogP contribution in [0.4, 0.5) is 0 Å². The number of likely N-dealkylation sites (tertiary alicyclic amines) is 1. The van der Waals surface area contributed by atoms with Gasteiger partial charge < -0.3 is 10.0 Å². The van der Waals surface area contributed by atoms with Crippen molar-refractivity contribution in [3.05, 3.63) is 35.4 Å². The van der Waals surface area contributed by atoms with E-state index in [1.54, 1.807) is 0 Å². The van der Waals surface area contributed by atoms with Crippen LogP contribution < -0.4 is 0 Å². The van der Waals surface area contributed by atoms with E-state index in [1.165, 1.54) is 17.5 Å². The van der Waals surface area contributed by atoms with Gasteiger partial charge in [0, 0.05) is 19.5 Å². The molecule has 2 unspecified atom stereocenters. The van der Waals surface area contributed by atoms with Gasteiger partial charge in [-0.15, -0.1) is 0 Å². The number of β-amino-alcohol motifs (C(OH)–C–C–N with tert-alkyl or cyclic N) is 1. The zero-order valence-electron chi connectivity index (χ0n) is 11.9. The molecule has 2 aliphatic rings. The second-order valence-electron chi connectivity index (χ2n) is 6.13. The predicted octanol–water partition coefficient (Wildman–Crippen LogP) is 2.48. The van der Waals surface area contributed by atoms with Crippen molar-refractivity contribution in [3.8, 4) is 0 Å². The molecule has 0 bridgehead atoms. The SMILES string of the molecule is O=C(CC1CCCc2ccccc21)N1CCCC(O)C1. The summed E-state index contributed by atoms with van der Waals surface area (Å²) < 4.78 is 0. The lowest BCUT2D eigenvalue weighted by molar-refractivity contribution is -0.134. The first kappa shape index (κ1) is 13.6. The standard InChI is InChI=1S/C17H23NO2/c19-15-8-4-10-18(12-15)17(20)11-14-7-3-6-13-5-1-2-9-16(13)14/h1-2,5,9,14-15,19H,3-4,6-8,10-12H2. The molecule has 0 aromatic heterocycles. The molecule has 0 radical (unpaired) electrons. The lowest BCUT2D eigenvalue weighted by Crippen LogP contribution is -2.42. The Kier molecular flexibility index (Phi) is 4.06. The molecule has 20 heavy (non-hydrogen) atoms. The van der Waals surface area contributed by atoms with Crippen LogP contribution in [0.2, 0.25) is 0 Å². The van der Waals surface area contributed by atoms with Crippen molar-refractivity contribution < 1.29 is 9.90 Å². The van der Waals surface area contributed by atoms with Crippen molar-refractivity contribution in [2.45, 2.75) is 50.5 Å². The Bertz CT molecular complexity index is 486. The van der Waals surface area contributed by atoms with Gasteiger partial charge in [0.05, 0.1) is 6.10 Å². The number of benzene rings is 1. The summed E-state index contributed by atoms with van der Waals surface area (Å²) in [7, 11) is 0. The third-order valence-corrected chi connectivity index (χ3v) is 4.66. The number of aliphatic hydroxyl groups is 1. The Hall–Kier alpha value is -1.35. The Balaban J connectivity index is 1.68. The Labute approximate surface area is 120 Å². The number of rotatable bonds is 2. The number of carbonyl (C=O) groups is 1. The van der Waals surface area contributed by atoms with Crippen molar-refractivity contribution >= 4 is 5.91 Å². The maximum atomic E-state index is 12.4. The minimum atomic E-state index is -0.327. The molecule has 2 atom stereocenters. The first-order chi connectivity index (χ1) is 9.74. The number of aryl methyl sites for hydroxylation is 1. The fourth-order valence-electron chi connectivity index (χ4n) is 3.59. The molecule has 1 aliphatic heterocycles. The monoisotopic (exact) mass is 273 g/mol. The van der Waals surface area contributed by atoms with E-state index in [4.69, 9.17) is 0 Å². The molecule has 1 aromatic carbocycles. The van der Waals surface area contributed by atoms with Crippen molar-refractivity contribution in [3.63, 3.8) is 0 Å². The molecule has 0 saturated carbocycles. The third kappa shape index (κ3) is 2.88. The van der Waals surface area contributed by atoms with Crippen LogP contribution in [0.5, 0.6) is 0 Å². The van der Waals surface area contributed by atoms with E-state index in [9.17, 15) is 9.90 Å². The van der Waals surface area contributed by atoms with Gasteiger partial charge in [-0.05, 0) is 49.1 Å². The van der Waals surface area contributed by atoms with Gasteiger partial charge in [0.15, 0.2) is 0 Å². The molecule has 3 rings (SSSR count). The molecule has 1 heterocycles. The van der Waals surface area contributed by atoms with Gasteiger partial charge in [-0.25, -0.2) is 0 Å². The molecular formula is C17H23NO2. The summed E-state index contributed by atoms with van der Waals surface area (Å²) in [5.74, 6) is 0.581. The third-order valence-electron chi connectivity index (χ3n) is 4.66. The fourth-order valence-corrected chi connectivity index (χ4v) is 3.59. The highest BCUT2D eigenvalue weighted by Crippen LogP contribution is 2.34. The molecule has 1 N–H and O–H groups in total. The summed E-state index contributed by atoms with van der Waals surface area (Å²) in [5.41, 5.74) is 2.78. The number of hydrogen-bond donors (Lipinski definition) is 1. The van der Waals surface area contributed by atoms with Crippen molar-refractivity contribution in [2.75, 3.05) is 13.1 Å². The number of hydrogen-bond acceptors (Lipinski definition) is 2. The van der Waals surface area contributed by atoms with Gasteiger partial charge in [-0.2, -0.15) is 0 Å². The first-order valence-electron chi connectivity index (χ1n) is 7.77. The Morgan fingerprint density at radius 2 is 2.10 bits per heavy atom. The quantitative estimate of drug-likeness (QED) is 0.899. The predicted molar refractivity (Wildman–Crippen MR) is 78.6 cm³/mol. The molecule has 1 amide bonds. The van der Waals surface area contributed by atoms with E-state index < -0.39 is 0 Å². The van der Waals surface area contributed by atoms with E-state index >= 15 is 0 Å². The van der Waals surface area contributed by atoms with Crippen molar-refractivity contribution in [1.82, 2.24) is 4.90 Å². The van der Waals surface area contributed by atoms with Crippen LogP contribution in [-0.2, 0) is 11.2 Å². The highest BCUT2D eigenvalue weighted by Gasteiger charge is 2.27. The van der Waals surface area contributed by atoms with Gasteiger partial charge in [0.2, 0.25) is 5.91 Å². The summed E-state index contributed by atoms with van der Waals surface area (Å²) >= 11 is 0. The summed E-state index contributed by atoms with van der Waals surface area (Å²) in [6.45, 7) is 1.33. The van der Waals surface area contributed by atoms with Crippen molar-refractivity contribution in [1.29, 1.82) is 0 Å². The molecule has 0 spiro atoms. The lowest BCUT2D eigenvalue weighted by atomic mass is 9.81. The molecule has 1 aliphatic carbocycles. The molecule has 3 nitrogen and oxygen atoms in total. The van der Waals surface area contributed by atoms with E-state index in [0.717, 1.165) is 32.2 Å². The van der Waals surface area contributed by atoms with Crippen LogP contribution in [0.3, 0.4) is 0 Å². The van der Waals surface area contributed by atoms with Gasteiger partial charge in [0.25, 0.3) is 0 Å². The average molecular weight is 273 g/mol. The zero-order chi connectivity index (χ0) is 13.9. The van der Waals surface area contributed by atoms with Gasteiger partial charge in [0.1, 0.15) is 0 Å². The first-order valence-corrected chi connectivity index (χ1v) is 7.77. The van der Waals surface area contributed by atoms with Crippen LogP contribution in [0.1, 0.15) is 49.1 Å². The smallest absolute Gasteiger partial charge is 0.223 e. The summed E-state index contributed by atoms with van der Waals surface area (Å²) in [6, 6.07) is 8.53. The Morgan fingerprint density at radius 1 is 1.25 bits per heavy atom. The number of carbonyl (C=O) groups excluding carboxylic acids is 1. The second-order valence-corrected chi connectivity index (χ2v) is 6.13. The lowest BCUT2D eigenvalue weighted by Gasteiger charge is -2.32. The van der Waals surface area contributed by atoms with Crippen molar-refractivity contribution in [2.24, 2.45) is 0 Å². The number of fused-ring (bicyclic) bond motifs is 1. The summed E-state index contributed by atoms with van der Waals surface area (Å²) in [5, 5.41) is 9.70. The summed E-state index contributed by atoms with van der Waals surface area (Å²) in [4.78, 5) is 14.3. The minimum absolute atomic E-state index is 0.213. The zero-order valence-corrected chi connectivity index (χ0v) is 11.9. The number of nitrogens with zero attached hydrogens (tertiary/aromatic N) is 1. The van der Waals surface area contributed by atoms with Gasteiger partial charge in [-0.3, -0.25) is 4.79 Å². The molecule has 1 aromatic rings. The van der Waals surface area contributed by atoms with Crippen LogP contribution in [0.15, 0.2) is 24.3 Å². The van der Waals surface area contributed by atoms with Crippen LogP contribution in [-0.4, -0.2) is 35.1 Å². The maximum Gasteiger partial charge on any atom is 0.223 e. The fraction of sp³-hybridized carbons (Fsp3) is 0.588. The van der Waals surface area contributed by atoms with E-state index in [1.807, 2.05) is 4.90 Å². The van der Waals surface area contributed by atoms with E-state index in [-0.39, 0.29) is 12.0 Å². The van der Waals surface area contributed by atoms with Crippen LogP contribution in [0, 0.1) is 0 Å². The molecule has 108 valence electrons. The maximum absolute atomic E-state index is 12.4. The van der Waals surface area contributed by atoms with E-state index in [2.05, 4.69) is 24.3 Å². The van der Waals surface area contributed by atoms with Crippen LogP contribution in [0.25, 0.3) is 0 Å². The van der Waals surface area contributed by atoms with Gasteiger partial charge in [-0.1, -0.05) is 24.3 Å². The van der Waals surface area contributed by atoms with Gasteiger partial charge >= 0.3 is 0 Å². The topological polar surface area (TPSA) is 40.5 Å². The molecular weight excluding hydrogens is 250 g/mol. The molecule has 1 saturated heterocycles. The molecule has 1 fully saturated rings. The largest absolute Gasteiger partial charge is 0.391 e. The van der Waals surface area contributed by atoms with Crippen LogP contribution >= 0.6 is 0 Å². The summed E-state index contributed by atoms with van der Waals surface area (Å²) in [6.07, 6.45) is 5.46. The number of amides is 1. The highest BCUT2D eigenvalue weighted by molar-refractivity contribution is 5.77.